The minimum Gasteiger partial charge on any atom is -0.493 e. The first-order valence-corrected chi connectivity index (χ1v) is 9.17. The van der Waals surface area contributed by atoms with Crippen LogP contribution in [-0.4, -0.2) is 29.4 Å². The molecule has 5 heteroatoms. The van der Waals surface area contributed by atoms with Crippen LogP contribution >= 0.6 is 11.3 Å². The molecular weight excluding hydrogens is 332 g/mol. The first-order chi connectivity index (χ1) is 12.0. The molecule has 0 saturated heterocycles. The highest BCUT2D eigenvalue weighted by Gasteiger charge is 2.20. The molecule has 0 aliphatic rings. The van der Waals surface area contributed by atoms with Gasteiger partial charge < -0.3 is 9.64 Å². The Morgan fingerprint density at radius 2 is 1.92 bits per heavy atom. The van der Waals surface area contributed by atoms with Gasteiger partial charge in [0.05, 0.1) is 29.3 Å². The molecular formula is C20H22N2O2S. The topological polar surface area (TPSA) is 42.4 Å². The van der Waals surface area contributed by atoms with Gasteiger partial charge in [0.2, 0.25) is 5.91 Å². The van der Waals surface area contributed by atoms with Gasteiger partial charge >= 0.3 is 0 Å². The van der Waals surface area contributed by atoms with Crippen molar-refractivity contribution in [3.63, 3.8) is 0 Å². The van der Waals surface area contributed by atoms with E-state index in [1.54, 1.807) is 16.2 Å². The van der Waals surface area contributed by atoms with Crippen LogP contribution in [0.2, 0.25) is 0 Å². The average molecular weight is 354 g/mol. The molecule has 2 aromatic carbocycles. The van der Waals surface area contributed by atoms with E-state index >= 15 is 0 Å². The normalized spacial score (nSPS) is 12.1. The summed E-state index contributed by atoms with van der Waals surface area (Å²) in [6.45, 7) is 4.42. The predicted octanol–water partition coefficient (Wildman–Crippen LogP) is 4.59. The van der Waals surface area contributed by atoms with Crippen LogP contribution in [0.4, 0.5) is 0 Å². The van der Waals surface area contributed by atoms with Gasteiger partial charge in [-0.2, -0.15) is 0 Å². The van der Waals surface area contributed by atoms with E-state index in [0.717, 1.165) is 21.0 Å². The zero-order valence-electron chi connectivity index (χ0n) is 14.7. The quantitative estimate of drug-likeness (QED) is 0.650. The van der Waals surface area contributed by atoms with Crippen molar-refractivity contribution < 1.29 is 9.53 Å². The minimum atomic E-state index is -0.0516. The van der Waals surface area contributed by atoms with Gasteiger partial charge in [0, 0.05) is 7.05 Å². The summed E-state index contributed by atoms with van der Waals surface area (Å²) in [7, 11) is 1.82. The molecule has 1 aromatic heterocycles. The zero-order chi connectivity index (χ0) is 17.8. The maximum absolute atomic E-state index is 12.4. The Bertz CT molecular complexity index is 825. The molecule has 0 fully saturated rings. The molecule has 0 radical (unpaired) electrons. The van der Waals surface area contributed by atoms with Crippen molar-refractivity contribution in [1.82, 2.24) is 9.88 Å². The summed E-state index contributed by atoms with van der Waals surface area (Å²) >= 11 is 1.64. The number of hydrogen-bond donors (Lipinski definition) is 0. The molecule has 130 valence electrons. The van der Waals surface area contributed by atoms with Crippen LogP contribution in [-0.2, 0) is 4.79 Å². The van der Waals surface area contributed by atoms with E-state index in [1.165, 1.54) is 5.56 Å². The first-order valence-electron chi connectivity index (χ1n) is 8.35. The fourth-order valence-corrected chi connectivity index (χ4v) is 3.58. The van der Waals surface area contributed by atoms with Gasteiger partial charge in [-0.1, -0.05) is 29.8 Å². The molecule has 3 aromatic rings. The van der Waals surface area contributed by atoms with Crippen molar-refractivity contribution >= 4 is 27.5 Å². The number of amides is 1. The second kappa shape index (κ2) is 7.66. The van der Waals surface area contributed by atoms with Crippen LogP contribution in [0.3, 0.4) is 0 Å². The Morgan fingerprint density at radius 1 is 1.20 bits per heavy atom. The predicted molar refractivity (Wildman–Crippen MR) is 102 cm³/mol. The number of fused-ring (bicyclic) bond motifs is 1. The lowest BCUT2D eigenvalue weighted by molar-refractivity contribution is -0.132. The Morgan fingerprint density at radius 3 is 2.64 bits per heavy atom. The summed E-state index contributed by atoms with van der Waals surface area (Å²) in [4.78, 5) is 18.8. The molecule has 4 nitrogen and oxygen atoms in total. The lowest BCUT2D eigenvalue weighted by Crippen LogP contribution is -2.30. The largest absolute Gasteiger partial charge is 0.493 e. The van der Waals surface area contributed by atoms with Crippen molar-refractivity contribution in [2.75, 3.05) is 13.7 Å². The maximum Gasteiger partial charge on any atom is 0.226 e. The number of aromatic nitrogens is 1. The third-order valence-corrected chi connectivity index (χ3v) is 5.45. The molecule has 0 spiro atoms. The number of para-hydroxylation sites is 1. The summed E-state index contributed by atoms with van der Waals surface area (Å²) in [6, 6.07) is 15.8. The number of ether oxygens (including phenoxy) is 1. The van der Waals surface area contributed by atoms with E-state index in [4.69, 9.17) is 4.74 Å². The van der Waals surface area contributed by atoms with Crippen LogP contribution < -0.4 is 4.74 Å². The van der Waals surface area contributed by atoms with Crippen molar-refractivity contribution in [2.24, 2.45) is 0 Å². The number of carbonyl (C=O) groups excluding carboxylic acids is 1. The van der Waals surface area contributed by atoms with Crippen molar-refractivity contribution in [3.05, 3.63) is 59.1 Å². The fourth-order valence-electron chi connectivity index (χ4n) is 2.52. The summed E-state index contributed by atoms with van der Waals surface area (Å²) in [6.07, 6.45) is 0.347. The highest BCUT2D eigenvalue weighted by Crippen LogP contribution is 2.29. The van der Waals surface area contributed by atoms with Gasteiger partial charge in [-0.3, -0.25) is 4.79 Å². The van der Waals surface area contributed by atoms with Crippen LogP contribution in [0, 0.1) is 6.92 Å². The summed E-state index contributed by atoms with van der Waals surface area (Å²) < 4.78 is 6.80. The van der Waals surface area contributed by atoms with Gasteiger partial charge in [0.1, 0.15) is 10.8 Å². The molecule has 1 atom stereocenters. The second-order valence-corrected chi connectivity index (χ2v) is 7.17. The molecule has 0 N–H and O–H groups in total. The van der Waals surface area contributed by atoms with Gasteiger partial charge in [-0.15, -0.1) is 11.3 Å². The lowest BCUT2D eigenvalue weighted by Gasteiger charge is -2.23. The SMILES string of the molecule is Cc1ccc(OCCC(=O)N(C)[C@@H](C)c2nc3ccccc3s2)cc1. The van der Waals surface area contributed by atoms with Crippen LogP contribution in [0.15, 0.2) is 48.5 Å². The number of rotatable bonds is 6. The van der Waals surface area contributed by atoms with E-state index in [1.807, 2.05) is 63.4 Å². The van der Waals surface area contributed by atoms with Gasteiger partial charge in [0.25, 0.3) is 0 Å². The van der Waals surface area contributed by atoms with Crippen LogP contribution in [0.5, 0.6) is 5.75 Å². The standard InChI is InChI=1S/C20H22N2O2S/c1-14-8-10-16(11-9-14)24-13-12-19(23)22(3)15(2)20-21-17-6-4-5-7-18(17)25-20/h4-11,15H,12-13H2,1-3H3/t15-/m0/s1. The van der Waals surface area contributed by atoms with E-state index < -0.39 is 0 Å². The third kappa shape index (κ3) is 4.17. The number of hydrogen-bond acceptors (Lipinski definition) is 4. The first kappa shape index (κ1) is 17.4. The summed E-state index contributed by atoms with van der Waals surface area (Å²) in [5, 5.41) is 0.955. The minimum absolute atomic E-state index is 0.0516. The average Bonchev–Trinajstić information content (AvgIpc) is 3.06. The maximum atomic E-state index is 12.4. The fraction of sp³-hybridized carbons (Fsp3) is 0.300. The number of aryl methyl sites for hydroxylation is 1. The van der Waals surface area contributed by atoms with Crippen LogP contribution in [0.25, 0.3) is 10.2 Å². The van der Waals surface area contributed by atoms with Crippen molar-refractivity contribution in [2.45, 2.75) is 26.3 Å². The van der Waals surface area contributed by atoms with Gasteiger partial charge in [-0.05, 0) is 38.1 Å². The monoisotopic (exact) mass is 354 g/mol. The molecule has 0 saturated carbocycles. The van der Waals surface area contributed by atoms with Gasteiger partial charge in [0.15, 0.2) is 0 Å². The molecule has 0 unspecified atom stereocenters. The number of thiazole rings is 1. The molecule has 3 rings (SSSR count). The zero-order valence-corrected chi connectivity index (χ0v) is 15.5. The Balaban J connectivity index is 1.56. The Labute approximate surface area is 152 Å². The molecule has 0 aliphatic heterocycles. The molecule has 25 heavy (non-hydrogen) atoms. The molecule has 0 aliphatic carbocycles. The molecule has 0 bridgehead atoms. The van der Waals surface area contributed by atoms with Crippen molar-refractivity contribution in [1.29, 1.82) is 0 Å². The number of benzene rings is 2. The highest BCUT2D eigenvalue weighted by molar-refractivity contribution is 7.18. The number of nitrogens with zero attached hydrogens (tertiary/aromatic N) is 2. The Kier molecular flexibility index (Phi) is 5.34. The second-order valence-electron chi connectivity index (χ2n) is 6.11. The van der Waals surface area contributed by atoms with Crippen LogP contribution in [0.1, 0.15) is 30.0 Å². The molecule has 1 amide bonds. The lowest BCUT2D eigenvalue weighted by atomic mass is 10.2. The van der Waals surface area contributed by atoms with E-state index in [0.29, 0.717) is 13.0 Å². The third-order valence-electron chi connectivity index (χ3n) is 4.25. The molecule has 1 heterocycles. The van der Waals surface area contributed by atoms with Crippen molar-refractivity contribution in [3.8, 4) is 5.75 Å². The smallest absolute Gasteiger partial charge is 0.226 e. The van der Waals surface area contributed by atoms with E-state index in [2.05, 4.69) is 11.1 Å². The number of carbonyl (C=O) groups is 1. The Hall–Kier alpha value is -2.40. The van der Waals surface area contributed by atoms with E-state index in [9.17, 15) is 4.79 Å². The highest BCUT2D eigenvalue weighted by atomic mass is 32.1. The van der Waals surface area contributed by atoms with E-state index in [-0.39, 0.29) is 11.9 Å². The summed E-state index contributed by atoms with van der Waals surface area (Å²) in [5.74, 6) is 0.846. The van der Waals surface area contributed by atoms with Gasteiger partial charge in [-0.25, -0.2) is 4.98 Å². The summed E-state index contributed by atoms with van der Waals surface area (Å²) in [5.41, 5.74) is 2.17.